The van der Waals surface area contributed by atoms with E-state index in [1.165, 1.54) is 16.8 Å². The smallest absolute Gasteiger partial charge is 0.259 e. The minimum absolute atomic E-state index is 0.0993. The third-order valence-corrected chi connectivity index (χ3v) is 4.33. The third-order valence-electron chi connectivity index (χ3n) is 2.99. The molecule has 1 aliphatic rings. The van der Waals surface area contributed by atoms with Gasteiger partial charge in [0, 0.05) is 0 Å². The molecule has 1 amide bonds. The fourth-order valence-corrected chi connectivity index (χ4v) is 2.76. The van der Waals surface area contributed by atoms with E-state index in [-0.39, 0.29) is 5.91 Å². The van der Waals surface area contributed by atoms with Gasteiger partial charge >= 0.3 is 0 Å². The summed E-state index contributed by atoms with van der Waals surface area (Å²) in [6.45, 7) is 2.77. The van der Waals surface area contributed by atoms with Crippen molar-refractivity contribution in [2.45, 2.75) is 19.8 Å². The highest BCUT2D eigenvalue weighted by atomic mass is 32.2. The number of hydrogen-bond donors (Lipinski definition) is 0. The summed E-state index contributed by atoms with van der Waals surface area (Å²) in [5, 5.41) is 5.38. The summed E-state index contributed by atoms with van der Waals surface area (Å²) in [4.78, 5) is 11.6. The van der Waals surface area contributed by atoms with Crippen molar-refractivity contribution in [2.24, 2.45) is 5.10 Å². The van der Waals surface area contributed by atoms with Gasteiger partial charge in [0.25, 0.3) is 5.91 Å². The van der Waals surface area contributed by atoms with Gasteiger partial charge in [0.2, 0.25) is 0 Å². The summed E-state index contributed by atoms with van der Waals surface area (Å²) in [7, 11) is 1.60. The van der Waals surface area contributed by atoms with E-state index in [0.717, 1.165) is 18.4 Å². The van der Waals surface area contributed by atoms with Gasteiger partial charge in [-0.3, -0.25) is 4.79 Å². The Balaban J connectivity index is 2.08. The molecule has 1 aromatic rings. The Morgan fingerprint density at radius 1 is 1.45 bits per heavy atom. The Kier molecular flexibility index (Phi) is 6.21. The molecule has 1 fully saturated rings. The van der Waals surface area contributed by atoms with Crippen LogP contribution in [0.4, 0.5) is 0 Å². The lowest BCUT2D eigenvalue weighted by atomic mass is 10.2. The van der Waals surface area contributed by atoms with Gasteiger partial charge in [-0.15, -0.1) is 0 Å². The minimum Gasteiger partial charge on any atom is -0.493 e. The Morgan fingerprint density at radius 2 is 2.27 bits per heavy atom. The van der Waals surface area contributed by atoms with E-state index in [1.54, 1.807) is 13.3 Å². The number of amides is 1. The van der Waals surface area contributed by atoms with Crippen LogP contribution >= 0.6 is 24.0 Å². The summed E-state index contributed by atoms with van der Waals surface area (Å²) in [5.74, 6) is 1.60. The lowest BCUT2D eigenvalue weighted by Crippen LogP contribution is -2.22. The largest absolute Gasteiger partial charge is 0.493 e. The zero-order valence-electron chi connectivity index (χ0n) is 12.6. The summed E-state index contributed by atoms with van der Waals surface area (Å²) in [5.41, 5.74) is 0.812. The lowest BCUT2D eigenvalue weighted by Gasteiger charge is -2.11. The molecule has 1 aromatic carbocycles. The summed E-state index contributed by atoms with van der Waals surface area (Å²) in [6, 6.07) is 5.53. The fraction of sp³-hybridized carbons (Fsp3) is 0.400. The highest BCUT2D eigenvalue weighted by Gasteiger charge is 2.25. The molecule has 0 atom stereocenters. The average Bonchev–Trinajstić information content (AvgIpc) is 2.85. The van der Waals surface area contributed by atoms with Crippen LogP contribution in [0.15, 0.2) is 23.3 Å². The van der Waals surface area contributed by atoms with E-state index >= 15 is 0 Å². The number of rotatable bonds is 7. The van der Waals surface area contributed by atoms with Crippen molar-refractivity contribution in [2.75, 3.05) is 19.5 Å². The molecule has 1 aliphatic heterocycles. The molecular formula is C15H18N2O3S2. The van der Waals surface area contributed by atoms with Crippen LogP contribution in [-0.4, -0.2) is 40.9 Å². The maximum absolute atomic E-state index is 11.6. The molecule has 0 aliphatic carbocycles. The van der Waals surface area contributed by atoms with Crippen molar-refractivity contribution in [1.82, 2.24) is 5.01 Å². The molecular weight excluding hydrogens is 320 g/mol. The molecule has 5 nitrogen and oxygen atoms in total. The highest BCUT2D eigenvalue weighted by Crippen LogP contribution is 2.28. The zero-order valence-corrected chi connectivity index (χ0v) is 14.2. The quantitative estimate of drug-likeness (QED) is 0.434. The first-order chi connectivity index (χ1) is 10.7. The number of carbonyl (C=O) groups excluding carboxylic acids is 1. The van der Waals surface area contributed by atoms with Crippen LogP contribution in [0.2, 0.25) is 0 Å². The fourth-order valence-electron chi connectivity index (χ4n) is 1.79. The molecule has 0 spiro atoms. The molecule has 118 valence electrons. The van der Waals surface area contributed by atoms with Crippen LogP contribution < -0.4 is 9.47 Å². The molecule has 0 bridgehead atoms. The van der Waals surface area contributed by atoms with Gasteiger partial charge < -0.3 is 9.47 Å². The molecule has 0 aromatic heterocycles. The predicted octanol–water partition coefficient (Wildman–Crippen LogP) is 3.07. The van der Waals surface area contributed by atoms with Crippen molar-refractivity contribution in [3.05, 3.63) is 23.8 Å². The van der Waals surface area contributed by atoms with Crippen LogP contribution in [0, 0.1) is 0 Å². The molecule has 2 rings (SSSR count). The Hall–Kier alpha value is -1.60. The first-order valence-corrected chi connectivity index (χ1v) is 8.39. The average molecular weight is 338 g/mol. The maximum Gasteiger partial charge on any atom is 0.259 e. The molecule has 0 unspecified atom stereocenters. The van der Waals surface area contributed by atoms with Crippen LogP contribution in [-0.2, 0) is 4.79 Å². The second kappa shape index (κ2) is 8.14. The molecule has 7 heteroatoms. The first kappa shape index (κ1) is 16.8. The van der Waals surface area contributed by atoms with Gasteiger partial charge in [0.15, 0.2) is 15.8 Å². The number of hydrogen-bond acceptors (Lipinski definition) is 6. The van der Waals surface area contributed by atoms with E-state index in [4.69, 9.17) is 21.7 Å². The van der Waals surface area contributed by atoms with E-state index < -0.39 is 0 Å². The molecule has 0 radical (unpaired) electrons. The van der Waals surface area contributed by atoms with Crippen LogP contribution in [0.1, 0.15) is 25.3 Å². The van der Waals surface area contributed by atoms with Crippen molar-refractivity contribution in [3.63, 3.8) is 0 Å². The maximum atomic E-state index is 11.6. The van der Waals surface area contributed by atoms with Crippen molar-refractivity contribution in [1.29, 1.82) is 0 Å². The van der Waals surface area contributed by atoms with Gasteiger partial charge in [-0.05, 0) is 30.2 Å². The monoisotopic (exact) mass is 338 g/mol. The molecule has 1 heterocycles. The van der Waals surface area contributed by atoms with Crippen molar-refractivity contribution in [3.8, 4) is 11.5 Å². The third kappa shape index (κ3) is 4.20. The van der Waals surface area contributed by atoms with Gasteiger partial charge in [-0.25, -0.2) is 0 Å². The standard InChI is InChI=1S/C15H18N2O3S2/c1-3-4-7-20-12-6-5-11(8-13(12)19-2)9-16-17-14(18)10-22-15(17)21/h5-6,8-9H,3-4,7,10H2,1-2H3/b16-9-. The SMILES string of the molecule is CCCCOc1ccc(/C=N\N2C(=O)CSC2=S)cc1OC. The molecule has 1 saturated heterocycles. The van der Waals surface area contributed by atoms with Crippen LogP contribution in [0.3, 0.4) is 0 Å². The van der Waals surface area contributed by atoms with Crippen LogP contribution in [0.25, 0.3) is 0 Å². The zero-order chi connectivity index (χ0) is 15.9. The number of carbonyl (C=O) groups is 1. The number of nitrogens with zero attached hydrogens (tertiary/aromatic N) is 2. The second-order valence-electron chi connectivity index (χ2n) is 4.62. The highest BCUT2D eigenvalue weighted by molar-refractivity contribution is 8.23. The normalized spacial score (nSPS) is 14.9. The van der Waals surface area contributed by atoms with Crippen LogP contribution in [0.5, 0.6) is 11.5 Å². The second-order valence-corrected chi connectivity index (χ2v) is 6.23. The number of ether oxygens (including phenoxy) is 2. The van der Waals surface area contributed by atoms with Gasteiger partial charge in [0.05, 0.1) is 25.7 Å². The molecule has 0 saturated carbocycles. The van der Waals surface area contributed by atoms with Gasteiger partial charge in [-0.1, -0.05) is 37.3 Å². The number of methoxy groups -OCH3 is 1. The predicted molar refractivity (Wildman–Crippen MR) is 92.9 cm³/mol. The number of thioether (sulfide) groups is 1. The Morgan fingerprint density at radius 3 is 2.91 bits per heavy atom. The van der Waals surface area contributed by atoms with Crippen molar-refractivity contribution >= 4 is 40.4 Å². The first-order valence-electron chi connectivity index (χ1n) is 7.00. The minimum atomic E-state index is -0.0993. The van der Waals surface area contributed by atoms with Gasteiger partial charge in [-0.2, -0.15) is 10.1 Å². The number of benzene rings is 1. The van der Waals surface area contributed by atoms with E-state index in [9.17, 15) is 4.79 Å². The summed E-state index contributed by atoms with van der Waals surface area (Å²) in [6.07, 6.45) is 3.67. The van der Waals surface area contributed by atoms with E-state index in [2.05, 4.69) is 12.0 Å². The Bertz CT molecular complexity index is 574. The topological polar surface area (TPSA) is 51.1 Å². The molecule has 0 N–H and O–H groups in total. The van der Waals surface area contributed by atoms with Gasteiger partial charge in [0.1, 0.15) is 0 Å². The summed E-state index contributed by atoms with van der Waals surface area (Å²) >= 11 is 6.39. The van der Waals surface area contributed by atoms with Crippen molar-refractivity contribution < 1.29 is 14.3 Å². The van der Waals surface area contributed by atoms with E-state index in [0.29, 0.717) is 28.2 Å². The van der Waals surface area contributed by atoms with E-state index in [1.807, 2.05) is 18.2 Å². The summed E-state index contributed by atoms with van der Waals surface area (Å²) < 4.78 is 11.5. The molecule has 22 heavy (non-hydrogen) atoms. The number of thiocarbonyl (C=S) groups is 1. The Labute approximate surface area is 139 Å². The lowest BCUT2D eigenvalue weighted by molar-refractivity contribution is -0.123. The number of hydrazone groups is 1. The number of unbranched alkanes of at least 4 members (excludes halogenated alkanes) is 1.